The van der Waals surface area contributed by atoms with Gasteiger partial charge in [0.1, 0.15) is 0 Å². The maximum Gasteiger partial charge on any atom is 0.0555 e. The number of hydrogen-bond donors (Lipinski definition) is 0. The molecule has 0 radical (unpaired) electrons. The van der Waals surface area contributed by atoms with Gasteiger partial charge in [-0.25, -0.2) is 0 Å². The van der Waals surface area contributed by atoms with Gasteiger partial charge in [-0.15, -0.1) is 11.3 Å². The average molecular weight is 667 g/mol. The van der Waals surface area contributed by atoms with Crippen LogP contribution >= 0.6 is 11.3 Å². The molecule has 51 heavy (non-hydrogen) atoms. The van der Waals surface area contributed by atoms with Gasteiger partial charge in [-0.05, 0) is 82.9 Å². The summed E-state index contributed by atoms with van der Waals surface area (Å²) in [5.74, 6) is 0. The molecule has 8 aromatic carbocycles. The van der Waals surface area contributed by atoms with Gasteiger partial charge in [0, 0.05) is 47.4 Å². The number of para-hydroxylation sites is 3. The maximum absolute atomic E-state index is 2.48. The van der Waals surface area contributed by atoms with Crippen molar-refractivity contribution in [3.8, 4) is 33.6 Å². The zero-order chi connectivity index (χ0) is 33.5. The van der Waals surface area contributed by atoms with Crippen LogP contribution in [-0.2, 0) is 0 Å². The molecule has 238 valence electrons. The van der Waals surface area contributed by atoms with Gasteiger partial charge in [-0.3, -0.25) is 0 Å². The summed E-state index contributed by atoms with van der Waals surface area (Å²) in [5.41, 5.74) is 12.2. The van der Waals surface area contributed by atoms with Gasteiger partial charge in [0.2, 0.25) is 0 Å². The summed E-state index contributed by atoms with van der Waals surface area (Å²) in [5, 5.41) is 7.66. The van der Waals surface area contributed by atoms with Crippen molar-refractivity contribution in [1.82, 2.24) is 9.13 Å². The molecule has 11 aromatic rings. The smallest absolute Gasteiger partial charge is 0.0555 e. The van der Waals surface area contributed by atoms with E-state index in [1.54, 1.807) is 0 Å². The summed E-state index contributed by atoms with van der Waals surface area (Å²) in [6.45, 7) is 0. The van der Waals surface area contributed by atoms with Gasteiger partial charge >= 0.3 is 0 Å². The van der Waals surface area contributed by atoms with Crippen LogP contribution in [0, 0.1) is 0 Å². The van der Waals surface area contributed by atoms with Gasteiger partial charge in [-0.2, -0.15) is 0 Å². The van der Waals surface area contributed by atoms with E-state index in [4.69, 9.17) is 0 Å². The van der Waals surface area contributed by atoms with E-state index in [1.165, 1.54) is 97.4 Å². The Balaban J connectivity index is 1.10. The highest BCUT2D eigenvalue weighted by Crippen LogP contribution is 2.43. The highest BCUT2D eigenvalue weighted by molar-refractivity contribution is 7.26. The van der Waals surface area contributed by atoms with Crippen molar-refractivity contribution in [3.05, 3.63) is 182 Å². The zero-order valence-electron chi connectivity index (χ0n) is 27.6. The Morgan fingerprint density at radius 1 is 0.314 bits per heavy atom. The molecule has 3 aromatic heterocycles. The minimum Gasteiger partial charge on any atom is -0.309 e. The first-order chi connectivity index (χ1) is 25.3. The summed E-state index contributed by atoms with van der Waals surface area (Å²) in [4.78, 5) is 0. The monoisotopic (exact) mass is 666 g/mol. The Hall–Kier alpha value is -6.42. The molecule has 0 bridgehead atoms. The van der Waals surface area contributed by atoms with Crippen LogP contribution in [0.25, 0.3) is 97.4 Å². The van der Waals surface area contributed by atoms with Gasteiger partial charge in [0.25, 0.3) is 0 Å². The van der Waals surface area contributed by atoms with Crippen molar-refractivity contribution in [3.63, 3.8) is 0 Å². The van der Waals surface area contributed by atoms with Crippen LogP contribution in [0.3, 0.4) is 0 Å². The lowest BCUT2D eigenvalue weighted by molar-refractivity contribution is 1.17. The first-order valence-corrected chi connectivity index (χ1v) is 18.3. The van der Waals surface area contributed by atoms with Gasteiger partial charge in [0.05, 0.1) is 27.8 Å². The zero-order valence-corrected chi connectivity index (χ0v) is 28.4. The molecular weight excluding hydrogens is 637 g/mol. The second kappa shape index (κ2) is 11.0. The summed E-state index contributed by atoms with van der Waals surface area (Å²) in [6, 6.07) is 66.6. The molecule has 0 N–H and O–H groups in total. The van der Waals surface area contributed by atoms with Crippen LogP contribution in [0.15, 0.2) is 182 Å². The van der Waals surface area contributed by atoms with Crippen molar-refractivity contribution in [2.75, 3.05) is 0 Å². The van der Waals surface area contributed by atoms with Crippen molar-refractivity contribution in [1.29, 1.82) is 0 Å². The summed E-state index contributed by atoms with van der Waals surface area (Å²) in [6.07, 6.45) is 0. The van der Waals surface area contributed by atoms with E-state index in [0.29, 0.717) is 0 Å². The molecule has 0 aliphatic rings. The van der Waals surface area contributed by atoms with E-state index < -0.39 is 0 Å². The van der Waals surface area contributed by atoms with Crippen LogP contribution in [-0.4, -0.2) is 9.13 Å². The van der Waals surface area contributed by atoms with E-state index in [1.807, 2.05) is 11.3 Å². The molecule has 0 saturated heterocycles. The molecule has 0 atom stereocenters. The third-order valence-electron chi connectivity index (χ3n) is 10.5. The first-order valence-electron chi connectivity index (χ1n) is 17.4. The predicted octanol–water partition coefficient (Wildman–Crippen LogP) is 13.6. The fraction of sp³-hybridized carbons (Fsp3) is 0. The molecule has 0 saturated carbocycles. The second-order valence-corrected chi connectivity index (χ2v) is 14.4. The molecule has 0 unspecified atom stereocenters. The van der Waals surface area contributed by atoms with Crippen molar-refractivity contribution in [2.45, 2.75) is 0 Å². The fourth-order valence-electron chi connectivity index (χ4n) is 8.24. The molecule has 0 spiro atoms. The highest BCUT2D eigenvalue weighted by atomic mass is 32.1. The number of nitrogens with zero attached hydrogens (tertiary/aromatic N) is 2. The van der Waals surface area contributed by atoms with E-state index in [9.17, 15) is 0 Å². The minimum absolute atomic E-state index is 1.17. The second-order valence-electron chi connectivity index (χ2n) is 13.3. The normalized spacial score (nSPS) is 11.9. The van der Waals surface area contributed by atoms with Crippen LogP contribution < -0.4 is 0 Å². The van der Waals surface area contributed by atoms with E-state index >= 15 is 0 Å². The molecule has 0 aliphatic carbocycles. The molecule has 3 heteroatoms. The summed E-state index contributed by atoms with van der Waals surface area (Å²) < 4.78 is 7.49. The lowest BCUT2D eigenvalue weighted by Gasteiger charge is -2.12. The Morgan fingerprint density at radius 2 is 0.882 bits per heavy atom. The SMILES string of the molecule is c1ccc(-c2cccc(-c3ccc4c(c3)sc3cccc(-n5c6ccccc6c6cc(-n7c8ccccc8c8ccccc87)ccc65)c34)c2)cc1. The van der Waals surface area contributed by atoms with Crippen molar-refractivity contribution >= 4 is 75.1 Å². The third-order valence-corrected chi connectivity index (χ3v) is 11.6. The van der Waals surface area contributed by atoms with Gasteiger partial charge < -0.3 is 9.13 Å². The summed E-state index contributed by atoms with van der Waals surface area (Å²) in [7, 11) is 0. The number of fused-ring (bicyclic) bond motifs is 9. The van der Waals surface area contributed by atoms with Crippen molar-refractivity contribution < 1.29 is 0 Å². The number of rotatable bonds is 4. The predicted molar refractivity (Wildman–Crippen MR) is 219 cm³/mol. The van der Waals surface area contributed by atoms with Crippen LogP contribution in [0.5, 0.6) is 0 Å². The molecule has 2 nitrogen and oxygen atoms in total. The van der Waals surface area contributed by atoms with Crippen LogP contribution in [0.2, 0.25) is 0 Å². The van der Waals surface area contributed by atoms with Crippen LogP contribution in [0.4, 0.5) is 0 Å². The Kier molecular flexibility index (Phi) is 6.16. The van der Waals surface area contributed by atoms with Gasteiger partial charge in [-0.1, -0.05) is 121 Å². The average Bonchev–Trinajstić information content (AvgIpc) is 3.85. The van der Waals surface area contributed by atoms with E-state index in [2.05, 4.69) is 191 Å². The third kappa shape index (κ3) is 4.29. The Labute approximate surface area is 298 Å². The molecule has 0 fully saturated rings. The topological polar surface area (TPSA) is 9.86 Å². The lowest BCUT2D eigenvalue weighted by atomic mass is 9.98. The standard InChI is InChI=1S/C48H30N2S/c1-2-12-31(13-3-1)32-14-10-15-33(28-32)34-24-26-39-47(29-34)51-46-23-11-22-45(48(39)46)50-43-21-9-6-18-38(43)40-30-35(25-27-44(40)50)49-41-19-7-4-16-36(41)37-17-5-8-20-42(37)49/h1-30H. The molecule has 0 aliphatic heterocycles. The quantitative estimate of drug-likeness (QED) is 0.177. The van der Waals surface area contributed by atoms with Crippen molar-refractivity contribution in [2.24, 2.45) is 0 Å². The first kappa shape index (κ1) is 28.4. The Bertz CT molecular complexity index is 3090. The van der Waals surface area contributed by atoms with Crippen LogP contribution in [0.1, 0.15) is 0 Å². The molecule has 0 amide bonds. The van der Waals surface area contributed by atoms with Gasteiger partial charge in [0.15, 0.2) is 0 Å². The maximum atomic E-state index is 2.48. The largest absolute Gasteiger partial charge is 0.309 e. The number of benzene rings is 8. The fourth-order valence-corrected chi connectivity index (χ4v) is 9.41. The molecular formula is C48H30N2S. The van der Waals surface area contributed by atoms with E-state index in [0.717, 1.165) is 0 Å². The number of hydrogen-bond acceptors (Lipinski definition) is 1. The molecule has 3 heterocycles. The highest BCUT2D eigenvalue weighted by Gasteiger charge is 2.19. The number of aromatic nitrogens is 2. The minimum atomic E-state index is 1.17. The summed E-state index contributed by atoms with van der Waals surface area (Å²) >= 11 is 1.88. The Morgan fingerprint density at radius 3 is 1.63 bits per heavy atom. The lowest BCUT2D eigenvalue weighted by Crippen LogP contribution is -1.96. The molecule has 11 rings (SSSR count). The number of thiophene rings is 1. The van der Waals surface area contributed by atoms with E-state index in [-0.39, 0.29) is 0 Å².